The van der Waals surface area contributed by atoms with Crippen molar-refractivity contribution in [1.29, 1.82) is 0 Å². The van der Waals surface area contributed by atoms with Crippen molar-refractivity contribution in [2.45, 2.75) is 13.5 Å². The van der Waals surface area contributed by atoms with Crippen LogP contribution in [0.2, 0.25) is 0 Å². The predicted molar refractivity (Wildman–Crippen MR) is 104 cm³/mol. The van der Waals surface area contributed by atoms with Crippen molar-refractivity contribution >= 4 is 15.8 Å². The van der Waals surface area contributed by atoms with E-state index in [1.807, 2.05) is 6.07 Å². The summed E-state index contributed by atoms with van der Waals surface area (Å²) in [5.41, 5.74) is 0.965. The molecule has 2 fully saturated rings. The summed E-state index contributed by atoms with van der Waals surface area (Å²) in [5, 5.41) is 7.36. The average molecular weight is 399 g/mol. The van der Waals surface area contributed by atoms with Crippen LogP contribution in [0.3, 0.4) is 0 Å². The first-order valence-corrected chi connectivity index (χ1v) is 11.5. The normalized spacial score (nSPS) is 22.1. The van der Waals surface area contributed by atoms with Crippen molar-refractivity contribution in [3.63, 3.8) is 0 Å². The Morgan fingerprint density at radius 2 is 1.93 bits per heavy atom. The van der Waals surface area contributed by atoms with Gasteiger partial charge in [0, 0.05) is 65.0 Å². The highest BCUT2D eigenvalue weighted by Crippen LogP contribution is 2.08. The highest BCUT2D eigenvalue weighted by molar-refractivity contribution is 7.91. The number of nitrogens with zero attached hydrogens (tertiary/aromatic N) is 5. The molecule has 1 aromatic rings. The zero-order valence-corrected chi connectivity index (χ0v) is 16.8. The van der Waals surface area contributed by atoms with Gasteiger partial charge in [-0.3, -0.25) is 14.8 Å². The lowest BCUT2D eigenvalue weighted by Gasteiger charge is -2.36. The standard InChI is InChI=1S/C17H30N6O3S/c1-2-18-17(19-4-5-21-10-13-27(24,25)14-11-21)23-8-6-22(7-9-23)15-16-3-12-26-20-16/h3,12H,2,4-11,13-15H2,1H3,(H,18,19). The summed E-state index contributed by atoms with van der Waals surface area (Å²) in [4.78, 5) is 11.6. The second kappa shape index (κ2) is 9.52. The number of hydrogen-bond acceptors (Lipinski definition) is 7. The lowest BCUT2D eigenvalue weighted by Crippen LogP contribution is -2.52. The van der Waals surface area contributed by atoms with Gasteiger partial charge in [0.25, 0.3) is 0 Å². The van der Waals surface area contributed by atoms with E-state index in [1.54, 1.807) is 6.26 Å². The molecule has 0 aromatic carbocycles. The number of guanidine groups is 1. The summed E-state index contributed by atoms with van der Waals surface area (Å²) >= 11 is 0. The first-order chi connectivity index (χ1) is 13.1. The Morgan fingerprint density at radius 3 is 2.56 bits per heavy atom. The van der Waals surface area contributed by atoms with Gasteiger partial charge in [0.05, 0.1) is 23.7 Å². The number of aromatic nitrogens is 1. The van der Waals surface area contributed by atoms with Crippen LogP contribution < -0.4 is 5.32 Å². The molecule has 0 saturated carbocycles. The van der Waals surface area contributed by atoms with Crippen LogP contribution in [0.4, 0.5) is 0 Å². The van der Waals surface area contributed by atoms with Crippen molar-refractivity contribution in [2.24, 2.45) is 4.99 Å². The molecule has 3 heterocycles. The quantitative estimate of drug-likeness (QED) is 0.506. The van der Waals surface area contributed by atoms with Crippen molar-refractivity contribution in [1.82, 2.24) is 25.2 Å². The molecule has 2 aliphatic rings. The van der Waals surface area contributed by atoms with Crippen LogP contribution in [0, 0.1) is 0 Å². The SMILES string of the molecule is CCNC(=NCCN1CCS(=O)(=O)CC1)N1CCN(Cc2ccon2)CC1. The Morgan fingerprint density at radius 1 is 1.19 bits per heavy atom. The third-order valence-electron chi connectivity index (χ3n) is 5.00. The van der Waals surface area contributed by atoms with Crippen molar-refractivity contribution in [2.75, 3.05) is 70.4 Å². The van der Waals surface area contributed by atoms with Crippen LogP contribution in [-0.2, 0) is 16.4 Å². The highest BCUT2D eigenvalue weighted by atomic mass is 32.2. The molecule has 27 heavy (non-hydrogen) atoms. The first-order valence-electron chi connectivity index (χ1n) is 9.63. The fourth-order valence-corrected chi connectivity index (χ4v) is 4.64. The maximum absolute atomic E-state index is 11.5. The van der Waals surface area contributed by atoms with Gasteiger partial charge < -0.3 is 14.7 Å². The fourth-order valence-electron chi connectivity index (χ4n) is 3.36. The van der Waals surface area contributed by atoms with Gasteiger partial charge in [-0.05, 0) is 6.92 Å². The summed E-state index contributed by atoms with van der Waals surface area (Å²) in [6.45, 7) is 10.2. The van der Waals surface area contributed by atoms with Crippen molar-refractivity contribution < 1.29 is 12.9 Å². The zero-order chi connectivity index (χ0) is 19.1. The maximum Gasteiger partial charge on any atom is 0.194 e. The molecule has 3 rings (SSSR count). The van der Waals surface area contributed by atoms with Gasteiger partial charge in [-0.2, -0.15) is 0 Å². The van der Waals surface area contributed by atoms with Crippen LogP contribution in [0.25, 0.3) is 0 Å². The number of piperazine rings is 1. The zero-order valence-electron chi connectivity index (χ0n) is 16.0. The lowest BCUT2D eigenvalue weighted by atomic mass is 10.3. The maximum atomic E-state index is 11.5. The minimum atomic E-state index is -2.82. The second-order valence-electron chi connectivity index (χ2n) is 6.98. The molecule has 152 valence electrons. The van der Waals surface area contributed by atoms with Gasteiger partial charge in [0.15, 0.2) is 15.8 Å². The minimum absolute atomic E-state index is 0.268. The summed E-state index contributed by atoms with van der Waals surface area (Å²) in [5.74, 6) is 1.48. The lowest BCUT2D eigenvalue weighted by molar-refractivity contribution is 0.169. The summed E-state index contributed by atoms with van der Waals surface area (Å²) < 4.78 is 27.9. The summed E-state index contributed by atoms with van der Waals surface area (Å²) in [7, 11) is -2.82. The summed E-state index contributed by atoms with van der Waals surface area (Å²) in [6.07, 6.45) is 1.61. The second-order valence-corrected chi connectivity index (χ2v) is 9.29. The average Bonchev–Trinajstić information content (AvgIpc) is 3.16. The molecule has 10 heteroatoms. The van der Waals surface area contributed by atoms with E-state index in [-0.39, 0.29) is 11.5 Å². The smallest absolute Gasteiger partial charge is 0.194 e. The number of nitrogens with one attached hydrogen (secondary N) is 1. The van der Waals surface area contributed by atoms with E-state index in [0.717, 1.165) is 57.5 Å². The molecule has 2 aliphatic heterocycles. The van der Waals surface area contributed by atoms with E-state index < -0.39 is 9.84 Å². The number of hydrogen-bond donors (Lipinski definition) is 1. The van der Waals surface area contributed by atoms with E-state index in [9.17, 15) is 8.42 Å². The van der Waals surface area contributed by atoms with E-state index in [1.165, 1.54) is 0 Å². The number of sulfone groups is 1. The Kier molecular flexibility index (Phi) is 7.08. The molecule has 9 nitrogen and oxygen atoms in total. The van der Waals surface area contributed by atoms with Crippen molar-refractivity contribution in [3.8, 4) is 0 Å². The number of aliphatic imine (C=N–C) groups is 1. The van der Waals surface area contributed by atoms with E-state index >= 15 is 0 Å². The van der Waals surface area contributed by atoms with Crippen LogP contribution in [-0.4, -0.2) is 105 Å². The van der Waals surface area contributed by atoms with E-state index in [0.29, 0.717) is 19.6 Å². The van der Waals surface area contributed by atoms with Crippen LogP contribution >= 0.6 is 0 Å². The minimum Gasteiger partial charge on any atom is -0.364 e. The largest absolute Gasteiger partial charge is 0.364 e. The fraction of sp³-hybridized carbons (Fsp3) is 0.765. The molecule has 0 atom stereocenters. The molecule has 0 unspecified atom stereocenters. The van der Waals surface area contributed by atoms with Gasteiger partial charge in [0.1, 0.15) is 6.26 Å². The van der Waals surface area contributed by atoms with E-state index in [2.05, 4.69) is 32.1 Å². The molecule has 0 aliphatic carbocycles. The molecular formula is C17H30N6O3S. The first kappa shape index (κ1) is 20.1. The Bertz CT molecular complexity index is 684. The van der Waals surface area contributed by atoms with Gasteiger partial charge in [0.2, 0.25) is 0 Å². The third kappa shape index (κ3) is 6.18. The van der Waals surface area contributed by atoms with E-state index in [4.69, 9.17) is 9.52 Å². The predicted octanol–water partition coefficient (Wildman–Crippen LogP) is -0.512. The topological polar surface area (TPSA) is 94.3 Å². The Hall–Kier alpha value is -1.65. The third-order valence-corrected chi connectivity index (χ3v) is 6.61. The van der Waals surface area contributed by atoms with Gasteiger partial charge in [-0.15, -0.1) is 0 Å². The van der Waals surface area contributed by atoms with Crippen molar-refractivity contribution in [3.05, 3.63) is 18.0 Å². The molecule has 1 aromatic heterocycles. The highest BCUT2D eigenvalue weighted by Gasteiger charge is 2.22. The molecule has 0 amide bonds. The monoisotopic (exact) mass is 398 g/mol. The Balaban J connectivity index is 1.45. The Labute approximate surface area is 161 Å². The van der Waals surface area contributed by atoms with Crippen LogP contribution in [0.1, 0.15) is 12.6 Å². The van der Waals surface area contributed by atoms with Gasteiger partial charge >= 0.3 is 0 Å². The molecule has 2 saturated heterocycles. The molecule has 0 radical (unpaired) electrons. The van der Waals surface area contributed by atoms with Crippen LogP contribution in [0.5, 0.6) is 0 Å². The molecule has 1 N–H and O–H groups in total. The molecule has 0 bridgehead atoms. The van der Waals surface area contributed by atoms with Gasteiger partial charge in [-0.25, -0.2) is 8.42 Å². The summed E-state index contributed by atoms with van der Waals surface area (Å²) in [6, 6.07) is 1.91. The molecule has 0 spiro atoms. The number of rotatable bonds is 6. The van der Waals surface area contributed by atoms with Gasteiger partial charge in [-0.1, -0.05) is 5.16 Å². The van der Waals surface area contributed by atoms with Crippen LogP contribution in [0.15, 0.2) is 21.8 Å². The molecular weight excluding hydrogens is 368 g/mol.